The summed E-state index contributed by atoms with van der Waals surface area (Å²) in [7, 11) is -3.56. The molecule has 0 aliphatic carbocycles. The summed E-state index contributed by atoms with van der Waals surface area (Å²) in [5.41, 5.74) is 3.46. The Morgan fingerprint density at radius 3 is 2.12 bits per heavy atom. The van der Waals surface area contributed by atoms with E-state index in [1.54, 1.807) is 16.4 Å². The molecule has 0 amide bonds. The molecule has 0 spiro atoms. The van der Waals surface area contributed by atoms with Crippen molar-refractivity contribution in [3.63, 3.8) is 0 Å². The van der Waals surface area contributed by atoms with Crippen LogP contribution in [0.15, 0.2) is 39.7 Å². The highest BCUT2D eigenvalue weighted by Crippen LogP contribution is 2.32. The molecule has 0 atom stereocenters. The third kappa shape index (κ3) is 3.52. The zero-order valence-corrected chi connectivity index (χ0v) is 17.5. The van der Waals surface area contributed by atoms with E-state index in [4.69, 9.17) is 0 Å². The van der Waals surface area contributed by atoms with Gasteiger partial charge in [0.1, 0.15) is 5.82 Å². The average Bonchev–Trinajstić information content (AvgIpc) is 2.60. The second-order valence-corrected chi connectivity index (χ2v) is 9.31. The molecule has 0 radical (unpaired) electrons. The number of rotatable bonds is 3. The number of sulfonamides is 1. The molecule has 0 saturated carbocycles. The Labute approximate surface area is 162 Å². The molecule has 1 aliphatic heterocycles. The van der Waals surface area contributed by atoms with Crippen molar-refractivity contribution in [3.05, 3.63) is 57.3 Å². The Balaban J connectivity index is 1.83. The summed E-state index contributed by atoms with van der Waals surface area (Å²) in [6, 6.07) is 8.21. The zero-order valence-electron chi connectivity index (χ0n) is 15.1. The summed E-state index contributed by atoms with van der Waals surface area (Å²) < 4.78 is 41.9. The van der Waals surface area contributed by atoms with E-state index in [0.29, 0.717) is 31.1 Å². The molecule has 0 aromatic heterocycles. The molecule has 4 nitrogen and oxygen atoms in total. The highest BCUT2D eigenvalue weighted by atomic mass is 79.9. The van der Waals surface area contributed by atoms with Crippen molar-refractivity contribution in [2.75, 3.05) is 31.1 Å². The van der Waals surface area contributed by atoms with Crippen LogP contribution >= 0.6 is 15.9 Å². The highest BCUT2D eigenvalue weighted by Gasteiger charge is 2.31. The molecule has 1 saturated heterocycles. The number of aryl methyl sites for hydroxylation is 2. The van der Waals surface area contributed by atoms with Crippen LogP contribution in [0.4, 0.5) is 10.1 Å². The highest BCUT2D eigenvalue weighted by molar-refractivity contribution is 9.10. The minimum absolute atomic E-state index is 0.272. The molecule has 1 fully saturated rings. The molecule has 1 aliphatic rings. The van der Waals surface area contributed by atoms with E-state index in [0.717, 1.165) is 26.9 Å². The molecule has 3 rings (SSSR count). The molecule has 140 valence electrons. The van der Waals surface area contributed by atoms with E-state index in [-0.39, 0.29) is 5.82 Å². The van der Waals surface area contributed by atoms with Crippen LogP contribution in [0, 0.1) is 26.6 Å². The van der Waals surface area contributed by atoms with Gasteiger partial charge in [0.15, 0.2) is 0 Å². The van der Waals surface area contributed by atoms with Crippen molar-refractivity contribution in [3.8, 4) is 0 Å². The van der Waals surface area contributed by atoms with Crippen LogP contribution < -0.4 is 4.90 Å². The molecule has 26 heavy (non-hydrogen) atoms. The van der Waals surface area contributed by atoms with E-state index < -0.39 is 10.0 Å². The van der Waals surface area contributed by atoms with Gasteiger partial charge < -0.3 is 4.90 Å². The maximum Gasteiger partial charge on any atom is 0.243 e. The lowest BCUT2D eigenvalue weighted by Gasteiger charge is -2.36. The van der Waals surface area contributed by atoms with Gasteiger partial charge in [-0.15, -0.1) is 0 Å². The van der Waals surface area contributed by atoms with Crippen LogP contribution in [0.2, 0.25) is 0 Å². The summed E-state index contributed by atoms with van der Waals surface area (Å²) in [6.07, 6.45) is 0. The zero-order chi connectivity index (χ0) is 19.1. The van der Waals surface area contributed by atoms with E-state index in [2.05, 4.69) is 20.8 Å². The molecule has 1 heterocycles. The number of hydrogen-bond acceptors (Lipinski definition) is 3. The van der Waals surface area contributed by atoms with Crippen molar-refractivity contribution in [1.82, 2.24) is 4.31 Å². The molecule has 2 aromatic carbocycles. The van der Waals surface area contributed by atoms with Crippen molar-refractivity contribution >= 4 is 31.6 Å². The van der Waals surface area contributed by atoms with Crippen LogP contribution in [-0.4, -0.2) is 38.9 Å². The number of piperazine rings is 1. The standard InChI is InChI=1S/C19H22BrFN2O2S/c1-13-12-14(2)19(15(3)18(13)20)26(24,25)23-10-8-22(9-11-23)17-6-4-16(21)5-7-17/h4-7,12H,8-11H2,1-3H3. The first-order valence-corrected chi connectivity index (χ1v) is 10.7. The van der Waals surface area contributed by atoms with Gasteiger partial charge in [-0.3, -0.25) is 0 Å². The van der Waals surface area contributed by atoms with Gasteiger partial charge in [0.05, 0.1) is 4.90 Å². The predicted molar refractivity (Wildman–Crippen MR) is 106 cm³/mol. The SMILES string of the molecule is Cc1cc(C)c(S(=O)(=O)N2CCN(c3ccc(F)cc3)CC2)c(C)c1Br. The molecule has 0 N–H and O–H groups in total. The molecule has 7 heteroatoms. The summed E-state index contributed by atoms with van der Waals surface area (Å²) in [6.45, 7) is 7.61. The fourth-order valence-electron chi connectivity index (χ4n) is 3.51. The lowest BCUT2D eigenvalue weighted by atomic mass is 10.1. The summed E-state index contributed by atoms with van der Waals surface area (Å²) in [5, 5.41) is 0. The summed E-state index contributed by atoms with van der Waals surface area (Å²) >= 11 is 3.50. The average molecular weight is 441 g/mol. The number of anilines is 1. The van der Waals surface area contributed by atoms with Crippen molar-refractivity contribution in [2.45, 2.75) is 25.7 Å². The van der Waals surface area contributed by atoms with E-state index in [1.165, 1.54) is 12.1 Å². The van der Waals surface area contributed by atoms with Crippen LogP contribution in [0.5, 0.6) is 0 Å². The molecular formula is C19H22BrFN2O2S. The Kier molecular flexibility index (Phi) is 5.42. The third-order valence-electron chi connectivity index (χ3n) is 4.84. The maximum absolute atomic E-state index is 13.2. The largest absolute Gasteiger partial charge is 0.369 e. The van der Waals surface area contributed by atoms with Gasteiger partial charge in [-0.2, -0.15) is 4.31 Å². The Hall–Kier alpha value is -1.44. The van der Waals surface area contributed by atoms with Gasteiger partial charge in [-0.25, -0.2) is 12.8 Å². The minimum atomic E-state index is -3.56. The van der Waals surface area contributed by atoms with Crippen LogP contribution in [-0.2, 0) is 10.0 Å². The minimum Gasteiger partial charge on any atom is -0.369 e. The Morgan fingerprint density at radius 1 is 0.962 bits per heavy atom. The lowest BCUT2D eigenvalue weighted by Crippen LogP contribution is -2.48. The first kappa shape index (κ1) is 19.3. The molecule has 0 unspecified atom stereocenters. The van der Waals surface area contributed by atoms with Gasteiger partial charge in [-0.1, -0.05) is 22.0 Å². The molecule has 2 aromatic rings. The van der Waals surface area contributed by atoms with Crippen molar-refractivity contribution < 1.29 is 12.8 Å². The smallest absolute Gasteiger partial charge is 0.243 e. The topological polar surface area (TPSA) is 40.6 Å². The number of halogens is 2. The van der Waals surface area contributed by atoms with Gasteiger partial charge in [0.25, 0.3) is 0 Å². The predicted octanol–water partition coefficient (Wildman–Crippen LogP) is 4.02. The normalized spacial score (nSPS) is 16.1. The van der Waals surface area contributed by atoms with E-state index in [1.807, 2.05) is 26.8 Å². The first-order chi connectivity index (χ1) is 12.2. The maximum atomic E-state index is 13.2. The van der Waals surface area contributed by atoms with Crippen molar-refractivity contribution in [2.24, 2.45) is 0 Å². The fourth-order valence-corrected chi connectivity index (χ4v) is 5.81. The van der Waals surface area contributed by atoms with Crippen LogP contribution in [0.1, 0.15) is 16.7 Å². The van der Waals surface area contributed by atoms with Gasteiger partial charge >= 0.3 is 0 Å². The van der Waals surface area contributed by atoms with Gasteiger partial charge in [0, 0.05) is 36.3 Å². The van der Waals surface area contributed by atoms with E-state index in [9.17, 15) is 12.8 Å². The van der Waals surface area contributed by atoms with Crippen LogP contribution in [0.3, 0.4) is 0 Å². The number of hydrogen-bond donors (Lipinski definition) is 0. The number of benzene rings is 2. The third-order valence-corrected chi connectivity index (χ3v) is 8.24. The summed E-state index contributed by atoms with van der Waals surface area (Å²) in [5.74, 6) is -0.272. The number of nitrogens with zero attached hydrogens (tertiary/aromatic N) is 2. The Bertz CT molecular complexity index is 922. The second kappa shape index (κ2) is 7.29. The monoisotopic (exact) mass is 440 g/mol. The lowest BCUT2D eigenvalue weighted by molar-refractivity contribution is 0.384. The first-order valence-electron chi connectivity index (χ1n) is 8.49. The fraction of sp³-hybridized carbons (Fsp3) is 0.368. The second-order valence-electron chi connectivity index (χ2n) is 6.65. The summed E-state index contributed by atoms with van der Waals surface area (Å²) in [4.78, 5) is 2.47. The van der Waals surface area contributed by atoms with Crippen molar-refractivity contribution in [1.29, 1.82) is 0 Å². The molecular weight excluding hydrogens is 419 g/mol. The Morgan fingerprint density at radius 2 is 1.54 bits per heavy atom. The van der Waals surface area contributed by atoms with Gasteiger partial charge in [0.2, 0.25) is 10.0 Å². The molecule has 0 bridgehead atoms. The van der Waals surface area contributed by atoms with E-state index >= 15 is 0 Å². The van der Waals surface area contributed by atoms with Gasteiger partial charge in [-0.05, 0) is 61.7 Å². The van der Waals surface area contributed by atoms with Crippen LogP contribution in [0.25, 0.3) is 0 Å². The quantitative estimate of drug-likeness (QED) is 0.723.